The largest absolute Gasteiger partial charge is 0.504 e. The van der Waals surface area contributed by atoms with E-state index in [4.69, 9.17) is 4.74 Å². The lowest BCUT2D eigenvalue weighted by Crippen LogP contribution is -2.17. The number of phenols is 3. The Morgan fingerprint density at radius 1 is 1.14 bits per heavy atom. The lowest BCUT2D eigenvalue weighted by molar-refractivity contribution is 0.0341. The van der Waals surface area contributed by atoms with E-state index in [-0.39, 0.29) is 11.7 Å². The molecule has 0 radical (unpaired) electrons. The molecule has 0 aliphatic rings. The molecule has 0 saturated carbocycles. The second kappa shape index (κ2) is 6.39. The second-order valence-electron chi connectivity index (χ2n) is 5.21. The number of hydrogen-bond donors (Lipinski definition) is 3. The van der Waals surface area contributed by atoms with Crippen LogP contribution in [0.4, 0.5) is 0 Å². The average molecular weight is 302 g/mol. The van der Waals surface area contributed by atoms with E-state index in [9.17, 15) is 20.1 Å². The van der Waals surface area contributed by atoms with Gasteiger partial charge in [0.15, 0.2) is 17.2 Å². The summed E-state index contributed by atoms with van der Waals surface area (Å²) in [4.78, 5) is 12.0. The summed E-state index contributed by atoms with van der Waals surface area (Å²) in [6, 6.07) is 9.93. The minimum Gasteiger partial charge on any atom is -0.504 e. The Bertz CT molecular complexity index is 670. The van der Waals surface area contributed by atoms with Crippen molar-refractivity contribution in [1.82, 2.24) is 0 Å². The van der Waals surface area contributed by atoms with E-state index in [2.05, 4.69) is 0 Å². The number of benzene rings is 2. The van der Waals surface area contributed by atoms with Gasteiger partial charge in [0.25, 0.3) is 0 Å². The number of carbonyl (C=O) groups is 1. The third kappa shape index (κ3) is 3.49. The number of carbonyl (C=O) groups excluding carboxylic acids is 1. The number of rotatable bonds is 4. The van der Waals surface area contributed by atoms with Crippen molar-refractivity contribution in [2.45, 2.75) is 26.4 Å². The lowest BCUT2D eigenvalue weighted by Gasteiger charge is -2.15. The zero-order valence-corrected chi connectivity index (χ0v) is 12.4. The highest BCUT2D eigenvalue weighted by atomic mass is 16.5. The van der Waals surface area contributed by atoms with Crippen LogP contribution in [0, 0.1) is 6.92 Å². The second-order valence-corrected chi connectivity index (χ2v) is 5.21. The van der Waals surface area contributed by atoms with Gasteiger partial charge in [0, 0.05) is 6.42 Å². The molecule has 1 atom stereocenters. The SMILES string of the molecule is Cc1ccccc1CC(C)OC(=O)c1cc(O)c(O)c(O)c1. The Kier molecular flexibility index (Phi) is 4.56. The molecule has 0 saturated heterocycles. The van der Waals surface area contributed by atoms with Crippen molar-refractivity contribution in [2.75, 3.05) is 0 Å². The van der Waals surface area contributed by atoms with Crippen LogP contribution in [0.2, 0.25) is 0 Å². The van der Waals surface area contributed by atoms with E-state index in [0.29, 0.717) is 6.42 Å². The smallest absolute Gasteiger partial charge is 0.338 e. The molecular formula is C17H18O5. The Labute approximate surface area is 128 Å². The number of ether oxygens (including phenoxy) is 1. The summed E-state index contributed by atoms with van der Waals surface area (Å²) in [6.07, 6.45) is 0.195. The zero-order valence-electron chi connectivity index (χ0n) is 12.4. The normalized spacial score (nSPS) is 11.9. The summed E-state index contributed by atoms with van der Waals surface area (Å²) in [5, 5.41) is 28.1. The van der Waals surface area contributed by atoms with Crippen LogP contribution in [0.1, 0.15) is 28.4 Å². The maximum Gasteiger partial charge on any atom is 0.338 e. The van der Waals surface area contributed by atoms with Gasteiger partial charge in [0.05, 0.1) is 5.56 Å². The molecule has 1 unspecified atom stereocenters. The minimum absolute atomic E-state index is 0.0237. The quantitative estimate of drug-likeness (QED) is 0.597. The van der Waals surface area contributed by atoms with Gasteiger partial charge >= 0.3 is 5.97 Å². The molecule has 0 heterocycles. The molecule has 0 aliphatic carbocycles. The summed E-state index contributed by atoms with van der Waals surface area (Å²) in [7, 11) is 0. The van der Waals surface area contributed by atoms with Crippen molar-refractivity contribution < 1.29 is 24.9 Å². The van der Waals surface area contributed by atoms with Crippen molar-refractivity contribution in [3.63, 3.8) is 0 Å². The fraction of sp³-hybridized carbons (Fsp3) is 0.235. The molecule has 0 spiro atoms. The molecule has 0 aliphatic heterocycles. The van der Waals surface area contributed by atoms with Crippen LogP contribution in [0.15, 0.2) is 36.4 Å². The molecule has 2 aromatic rings. The van der Waals surface area contributed by atoms with E-state index in [1.165, 1.54) is 0 Å². The van der Waals surface area contributed by atoms with Crippen LogP contribution in [0.5, 0.6) is 17.2 Å². The summed E-state index contributed by atoms with van der Waals surface area (Å²) in [5.74, 6) is -2.48. The predicted octanol–water partition coefficient (Wildman–Crippen LogP) is 2.90. The maximum absolute atomic E-state index is 12.0. The first-order chi connectivity index (χ1) is 10.4. The summed E-state index contributed by atoms with van der Waals surface area (Å²) in [5.41, 5.74) is 2.17. The molecule has 2 rings (SSSR count). The van der Waals surface area contributed by atoms with Crippen molar-refractivity contribution in [2.24, 2.45) is 0 Å². The molecule has 22 heavy (non-hydrogen) atoms. The van der Waals surface area contributed by atoms with E-state index in [1.54, 1.807) is 6.92 Å². The van der Waals surface area contributed by atoms with Crippen LogP contribution in [0.25, 0.3) is 0 Å². The highest BCUT2D eigenvalue weighted by Crippen LogP contribution is 2.35. The van der Waals surface area contributed by atoms with E-state index in [1.807, 2.05) is 31.2 Å². The van der Waals surface area contributed by atoms with E-state index in [0.717, 1.165) is 23.3 Å². The number of esters is 1. The van der Waals surface area contributed by atoms with Gasteiger partial charge in [-0.25, -0.2) is 4.79 Å². The van der Waals surface area contributed by atoms with E-state index >= 15 is 0 Å². The van der Waals surface area contributed by atoms with Crippen LogP contribution in [-0.4, -0.2) is 27.4 Å². The molecule has 2 aromatic carbocycles. The molecular weight excluding hydrogens is 284 g/mol. The molecule has 0 aromatic heterocycles. The van der Waals surface area contributed by atoms with Crippen molar-refractivity contribution in [1.29, 1.82) is 0 Å². The summed E-state index contributed by atoms with van der Waals surface area (Å²) < 4.78 is 5.30. The first-order valence-corrected chi connectivity index (χ1v) is 6.89. The van der Waals surface area contributed by atoms with Crippen molar-refractivity contribution in [3.05, 3.63) is 53.1 Å². The summed E-state index contributed by atoms with van der Waals surface area (Å²) in [6.45, 7) is 3.75. The van der Waals surface area contributed by atoms with E-state index < -0.39 is 23.2 Å². The first-order valence-electron chi connectivity index (χ1n) is 6.89. The molecule has 0 bridgehead atoms. The van der Waals surface area contributed by atoms with Crippen LogP contribution < -0.4 is 0 Å². The van der Waals surface area contributed by atoms with Gasteiger partial charge < -0.3 is 20.1 Å². The number of aromatic hydroxyl groups is 3. The zero-order chi connectivity index (χ0) is 16.3. The van der Waals surface area contributed by atoms with Gasteiger partial charge in [-0.2, -0.15) is 0 Å². The molecule has 3 N–H and O–H groups in total. The van der Waals surface area contributed by atoms with Gasteiger partial charge in [-0.15, -0.1) is 0 Å². The lowest BCUT2D eigenvalue weighted by atomic mass is 10.0. The molecule has 0 fully saturated rings. The summed E-state index contributed by atoms with van der Waals surface area (Å²) >= 11 is 0. The third-order valence-corrected chi connectivity index (χ3v) is 3.38. The first kappa shape index (κ1) is 15.7. The average Bonchev–Trinajstić information content (AvgIpc) is 2.46. The fourth-order valence-electron chi connectivity index (χ4n) is 2.16. The van der Waals surface area contributed by atoms with Gasteiger partial charge in [-0.05, 0) is 37.1 Å². The van der Waals surface area contributed by atoms with Gasteiger partial charge in [0.2, 0.25) is 0 Å². The Hall–Kier alpha value is -2.69. The Morgan fingerprint density at radius 3 is 2.32 bits per heavy atom. The topological polar surface area (TPSA) is 87.0 Å². The number of hydrogen-bond acceptors (Lipinski definition) is 5. The molecule has 0 amide bonds. The van der Waals surface area contributed by atoms with Crippen LogP contribution in [0.3, 0.4) is 0 Å². The Morgan fingerprint density at radius 2 is 1.73 bits per heavy atom. The fourth-order valence-corrected chi connectivity index (χ4v) is 2.16. The minimum atomic E-state index is -0.674. The standard InChI is InChI=1S/C17H18O5/c1-10-5-3-4-6-12(10)7-11(2)22-17(21)13-8-14(18)16(20)15(19)9-13/h3-6,8-9,11,18-20H,7H2,1-2H3. The molecule has 5 nitrogen and oxygen atoms in total. The third-order valence-electron chi connectivity index (χ3n) is 3.38. The van der Waals surface area contributed by atoms with Gasteiger partial charge in [-0.1, -0.05) is 24.3 Å². The van der Waals surface area contributed by atoms with Gasteiger partial charge in [0.1, 0.15) is 6.10 Å². The monoisotopic (exact) mass is 302 g/mol. The Balaban J connectivity index is 2.07. The predicted molar refractivity (Wildman–Crippen MR) is 81.2 cm³/mol. The number of aryl methyl sites for hydroxylation is 1. The van der Waals surface area contributed by atoms with Crippen LogP contribution >= 0.6 is 0 Å². The highest BCUT2D eigenvalue weighted by molar-refractivity contribution is 5.91. The highest BCUT2D eigenvalue weighted by Gasteiger charge is 2.17. The molecule has 5 heteroatoms. The number of phenolic OH excluding ortho intramolecular Hbond substituents is 3. The molecule has 116 valence electrons. The van der Waals surface area contributed by atoms with Gasteiger partial charge in [-0.3, -0.25) is 0 Å². The van der Waals surface area contributed by atoms with Crippen molar-refractivity contribution >= 4 is 5.97 Å². The van der Waals surface area contributed by atoms with Crippen LogP contribution in [-0.2, 0) is 11.2 Å². The maximum atomic E-state index is 12.0. The van der Waals surface area contributed by atoms with Crippen molar-refractivity contribution in [3.8, 4) is 17.2 Å².